The van der Waals surface area contributed by atoms with Crippen molar-refractivity contribution in [2.75, 3.05) is 31.6 Å². The predicted molar refractivity (Wildman–Crippen MR) is 131 cm³/mol. The highest BCUT2D eigenvalue weighted by atomic mass is 19.3. The highest BCUT2D eigenvalue weighted by Gasteiger charge is 2.43. The number of pyridine rings is 1. The van der Waals surface area contributed by atoms with Crippen molar-refractivity contribution in [1.29, 1.82) is 0 Å². The second-order valence-electron chi connectivity index (χ2n) is 8.79. The van der Waals surface area contributed by atoms with Gasteiger partial charge in [0.05, 0.1) is 36.4 Å². The quantitative estimate of drug-likeness (QED) is 0.443. The minimum Gasteiger partial charge on any atom is -0.465 e. The van der Waals surface area contributed by atoms with Crippen LogP contribution in [0.4, 0.5) is 18.9 Å². The van der Waals surface area contributed by atoms with Gasteiger partial charge in [0, 0.05) is 37.8 Å². The van der Waals surface area contributed by atoms with Crippen molar-refractivity contribution in [2.24, 2.45) is 11.8 Å². The van der Waals surface area contributed by atoms with Gasteiger partial charge in [-0.1, -0.05) is 36.4 Å². The molecule has 0 saturated carbocycles. The number of carbonyl (C=O) groups is 2. The number of carbonyl (C=O) groups excluding carboxylic acids is 2. The molecule has 1 fully saturated rings. The molecular formula is C27H26F3N3O4. The smallest absolute Gasteiger partial charge is 0.311 e. The van der Waals surface area contributed by atoms with Crippen molar-refractivity contribution in [2.45, 2.75) is 12.8 Å². The summed E-state index contributed by atoms with van der Waals surface area (Å²) >= 11 is 0. The fourth-order valence-electron chi connectivity index (χ4n) is 4.38. The number of esters is 1. The molecule has 4 rings (SSSR count). The number of likely N-dealkylation sites (tertiary alicyclic amines) is 1. The molecule has 2 atom stereocenters. The number of aromatic nitrogens is 1. The molecule has 1 N–H and O–H groups in total. The molecule has 0 spiro atoms. The molecule has 10 heteroatoms. The Labute approximate surface area is 211 Å². The van der Waals surface area contributed by atoms with Crippen molar-refractivity contribution in [3.05, 3.63) is 94.7 Å². The van der Waals surface area contributed by atoms with E-state index in [4.69, 9.17) is 4.74 Å². The standard InChI is InChI=1S/C27H26F3N3O4/c28-22-14-19(33-12-5-4-8-25(33)34)9-10-23(22)31-26(35)20-15-32(17-24(29)30)16-21(20)27(36)37-13-11-18-6-2-1-3-7-18/h1-10,12,14,20-21,24H,11,13,15-17H2,(H,31,35)/t20-,21-/m0/s1. The minimum atomic E-state index is -2.64. The Morgan fingerprint density at radius 3 is 2.43 bits per heavy atom. The molecule has 0 radical (unpaired) electrons. The Balaban J connectivity index is 1.45. The predicted octanol–water partition coefficient (Wildman–Crippen LogP) is 3.51. The molecule has 1 aromatic heterocycles. The number of nitrogens with one attached hydrogen (secondary N) is 1. The van der Waals surface area contributed by atoms with Crippen LogP contribution in [0.15, 0.2) is 77.7 Å². The van der Waals surface area contributed by atoms with E-state index in [9.17, 15) is 27.6 Å². The van der Waals surface area contributed by atoms with Gasteiger partial charge in [-0.05, 0) is 23.8 Å². The van der Waals surface area contributed by atoms with E-state index in [1.165, 1.54) is 33.9 Å². The lowest BCUT2D eigenvalue weighted by atomic mass is 9.95. The van der Waals surface area contributed by atoms with Gasteiger partial charge in [-0.25, -0.2) is 13.2 Å². The summed E-state index contributed by atoms with van der Waals surface area (Å²) in [6.45, 7) is -0.664. The lowest BCUT2D eigenvalue weighted by molar-refractivity contribution is -0.150. The van der Waals surface area contributed by atoms with Crippen LogP contribution in [0.25, 0.3) is 5.69 Å². The van der Waals surface area contributed by atoms with Crippen molar-refractivity contribution in [1.82, 2.24) is 9.47 Å². The first-order chi connectivity index (χ1) is 17.8. The number of halogens is 3. The monoisotopic (exact) mass is 513 g/mol. The number of ether oxygens (including phenoxy) is 1. The van der Waals surface area contributed by atoms with E-state index >= 15 is 0 Å². The van der Waals surface area contributed by atoms with Gasteiger partial charge in [0.1, 0.15) is 5.82 Å². The van der Waals surface area contributed by atoms with Crippen LogP contribution in [-0.2, 0) is 20.7 Å². The number of hydrogen-bond acceptors (Lipinski definition) is 5. The van der Waals surface area contributed by atoms with Crippen LogP contribution < -0.4 is 10.9 Å². The van der Waals surface area contributed by atoms with E-state index in [2.05, 4.69) is 5.32 Å². The molecule has 1 saturated heterocycles. The summed E-state index contributed by atoms with van der Waals surface area (Å²) < 4.78 is 47.4. The molecule has 0 unspecified atom stereocenters. The first-order valence-corrected chi connectivity index (χ1v) is 11.8. The highest BCUT2D eigenvalue weighted by molar-refractivity contribution is 5.96. The van der Waals surface area contributed by atoms with E-state index in [-0.39, 0.29) is 36.6 Å². The second-order valence-corrected chi connectivity index (χ2v) is 8.79. The average Bonchev–Trinajstić information content (AvgIpc) is 3.29. The summed E-state index contributed by atoms with van der Waals surface area (Å²) in [5.41, 5.74) is 0.732. The van der Waals surface area contributed by atoms with E-state index in [1.54, 1.807) is 12.1 Å². The zero-order valence-electron chi connectivity index (χ0n) is 19.9. The Kier molecular flexibility index (Phi) is 8.39. The highest BCUT2D eigenvalue weighted by Crippen LogP contribution is 2.28. The van der Waals surface area contributed by atoms with Crippen molar-refractivity contribution in [3.63, 3.8) is 0 Å². The fourth-order valence-corrected chi connectivity index (χ4v) is 4.38. The van der Waals surface area contributed by atoms with E-state index in [0.29, 0.717) is 6.42 Å². The largest absolute Gasteiger partial charge is 0.465 e. The maximum absolute atomic E-state index is 14.8. The zero-order chi connectivity index (χ0) is 26.4. The van der Waals surface area contributed by atoms with E-state index < -0.39 is 42.5 Å². The Hall–Kier alpha value is -3.92. The van der Waals surface area contributed by atoms with Gasteiger partial charge in [-0.2, -0.15) is 0 Å². The molecule has 37 heavy (non-hydrogen) atoms. The molecule has 7 nitrogen and oxygen atoms in total. The van der Waals surface area contributed by atoms with Crippen LogP contribution in [-0.4, -0.2) is 54.0 Å². The molecule has 2 heterocycles. The third-order valence-corrected chi connectivity index (χ3v) is 6.22. The molecular weight excluding hydrogens is 487 g/mol. The molecule has 0 bridgehead atoms. The second kappa shape index (κ2) is 11.9. The van der Waals surface area contributed by atoms with E-state index in [1.807, 2.05) is 30.3 Å². The third kappa shape index (κ3) is 6.65. The van der Waals surface area contributed by atoms with Gasteiger partial charge >= 0.3 is 5.97 Å². The van der Waals surface area contributed by atoms with Gasteiger partial charge in [0.15, 0.2) is 0 Å². The maximum Gasteiger partial charge on any atom is 0.311 e. The van der Waals surface area contributed by atoms with Gasteiger partial charge in [0.2, 0.25) is 5.91 Å². The van der Waals surface area contributed by atoms with Crippen LogP contribution in [0.2, 0.25) is 0 Å². The van der Waals surface area contributed by atoms with Gasteiger partial charge in [0.25, 0.3) is 12.0 Å². The van der Waals surface area contributed by atoms with Crippen LogP contribution in [0.1, 0.15) is 5.56 Å². The number of anilines is 1. The number of alkyl halides is 2. The first-order valence-electron chi connectivity index (χ1n) is 11.8. The Morgan fingerprint density at radius 2 is 1.73 bits per heavy atom. The number of amides is 1. The summed E-state index contributed by atoms with van der Waals surface area (Å²) in [4.78, 5) is 39.2. The third-order valence-electron chi connectivity index (χ3n) is 6.22. The summed E-state index contributed by atoms with van der Waals surface area (Å²) in [7, 11) is 0. The average molecular weight is 514 g/mol. The molecule has 2 aromatic carbocycles. The fraction of sp³-hybridized carbons (Fsp3) is 0.296. The summed E-state index contributed by atoms with van der Waals surface area (Å²) in [6, 6.07) is 17.8. The minimum absolute atomic E-state index is 0.0645. The number of benzene rings is 2. The molecule has 1 aliphatic heterocycles. The lowest BCUT2D eigenvalue weighted by Crippen LogP contribution is -2.34. The van der Waals surface area contributed by atoms with Crippen LogP contribution in [0.5, 0.6) is 0 Å². The molecule has 1 aliphatic rings. The zero-order valence-corrected chi connectivity index (χ0v) is 19.9. The lowest BCUT2D eigenvalue weighted by Gasteiger charge is -2.18. The number of hydrogen-bond donors (Lipinski definition) is 1. The molecule has 3 aromatic rings. The van der Waals surface area contributed by atoms with E-state index in [0.717, 1.165) is 11.6 Å². The Morgan fingerprint density at radius 1 is 1.00 bits per heavy atom. The molecule has 1 amide bonds. The van der Waals surface area contributed by atoms with Crippen LogP contribution >= 0.6 is 0 Å². The van der Waals surface area contributed by atoms with Crippen molar-refractivity contribution in [3.8, 4) is 5.69 Å². The normalized spacial score (nSPS) is 17.6. The molecule has 194 valence electrons. The SMILES string of the molecule is O=C(Nc1ccc(-n2ccccc2=O)cc1F)[C@H]1CN(CC(F)F)C[C@@H]1C(=O)OCCc1ccccc1. The van der Waals surface area contributed by atoms with Gasteiger partial charge in [-0.3, -0.25) is 23.9 Å². The van der Waals surface area contributed by atoms with Crippen LogP contribution in [0, 0.1) is 17.7 Å². The summed E-state index contributed by atoms with van der Waals surface area (Å²) in [6.07, 6.45) is -0.679. The number of rotatable bonds is 9. The number of nitrogens with zero attached hydrogens (tertiary/aromatic N) is 2. The Bertz CT molecular complexity index is 1300. The van der Waals surface area contributed by atoms with Gasteiger partial charge < -0.3 is 10.1 Å². The maximum atomic E-state index is 14.8. The molecule has 0 aliphatic carbocycles. The van der Waals surface area contributed by atoms with Crippen molar-refractivity contribution < 1.29 is 27.5 Å². The topological polar surface area (TPSA) is 80.6 Å². The summed E-state index contributed by atoms with van der Waals surface area (Å²) in [5.74, 6) is -4.10. The van der Waals surface area contributed by atoms with Crippen LogP contribution in [0.3, 0.4) is 0 Å². The van der Waals surface area contributed by atoms with Crippen molar-refractivity contribution >= 4 is 17.6 Å². The first kappa shape index (κ1) is 26.2. The summed E-state index contributed by atoms with van der Waals surface area (Å²) in [5, 5.41) is 2.46. The van der Waals surface area contributed by atoms with Gasteiger partial charge in [-0.15, -0.1) is 0 Å².